The van der Waals surface area contributed by atoms with Crippen LogP contribution in [0.2, 0.25) is 0 Å². The average Bonchev–Trinajstić information content (AvgIpc) is 3.12. The molecule has 3 aromatic rings. The summed E-state index contributed by atoms with van der Waals surface area (Å²) in [7, 11) is 0. The summed E-state index contributed by atoms with van der Waals surface area (Å²) < 4.78 is 1.88. The molecule has 6 nitrogen and oxygen atoms in total. The lowest BCUT2D eigenvalue weighted by Gasteiger charge is -2.12. The third kappa shape index (κ3) is 4.50. The Morgan fingerprint density at radius 2 is 1.86 bits per heavy atom. The van der Waals surface area contributed by atoms with E-state index in [1.54, 1.807) is 6.20 Å². The third-order valence-corrected chi connectivity index (χ3v) is 4.65. The molecule has 0 saturated carbocycles. The van der Waals surface area contributed by atoms with Gasteiger partial charge in [-0.2, -0.15) is 5.10 Å². The molecule has 0 unspecified atom stereocenters. The molecule has 0 aliphatic rings. The zero-order valence-electron chi connectivity index (χ0n) is 17.1. The van der Waals surface area contributed by atoms with Crippen molar-refractivity contribution in [1.29, 1.82) is 0 Å². The number of hydrogen-bond acceptors (Lipinski definition) is 4. The van der Waals surface area contributed by atoms with Gasteiger partial charge in [0.1, 0.15) is 0 Å². The van der Waals surface area contributed by atoms with Gasteiger partial charge in [-0.1, -0.05) is 32.0 Å². The highest BCUT2D eigenvalue weighted by molar-refractivity contribution is 6.05. The van der Waals surface area contributed by atoms with E-state index in [0.29, 0.717) is 12.1 Å². The number of fused-ring (bicyclic) bond motifs is 1. The summed E-state index contributed by atoms with van der Waals surface area (Å²) in [5.41, 5.74) is 3.42. The Bertz CT molecular complexity index is 931. The normalized spacial score (nSPS) is 11.4. The zero-order valence-corrected chi connectivity index (χ0v) is 17.1. The second kappa shape index (κ2) is 8.87. The van der Waals surface area contributed by atoms with Crippen LogP contribution in [-0.2, 0) is 0 Å². The Morgan fingerprint density at radius 1 is 1.11 bits per heavy atom. The first-order valence-electron chi connectivity index (χ1n) is 9.92. The molecule has 2 aromatic heterocycles. The molecule has 0 radical (unpaired) electrons. The van der Waals surface area contributed by atoms with Crippen molar-refractivity contribution in [2.24, 2.45) is 0 Å². The van der Waals surface area contributed by atoms with Gasteiger partial charge >= 0.3 is 0 Å². The van der Waals surface area contributed by atoms with Gasteiger partial charge in [-0.05, 0) is 44.4 Å². The Hall–Kier alpha value is -2.89. The van der Waals surface area contributed by atoms with E-state index in [2.05, 4.69) is 43.4 Å². The molecule has 0 bridgehead atoms. The molecule has 0 fully saturated rings. The maximum Gasteiger partial charge on any atom is 0.252 e. The van der Waals surface area contributed by atoms with E-state index in [4.69, 9.17) is 4.98 Å². The van der Waals surface area contributed by atoms with Crippen LogP contribution < -0.4 is 10.6 Å². The molecule has 0 aliphatic carbocycles. The van der Waals surface area contributed by atoms with Gasteiger partial charge in [0.2, 0.25) is 0 Å². The fourth-order valence-electron chi connectivity index (χ4n) is 3.07. The molecule has 2 heterocycles. The second-order valence-corrected chi connectivity index (χ2v) is 7.57. The van der Waals surface area contributed by atoms with E-state index in [1.165, 1.54) is 0 Å². The van der Waals surface area contributed by atoms with E-state index in [0.717, 1.165) is 35.4 Å². The van der Waals surface area contributed by atoms with E-state index in [9.17, 15) is 4.79 Å². The molecule has 28 heavy (non-hydrogen) atoms. The second-order valence-electron chi connectivity index (χ2n) is 7.57. The van der Waals surface area contributed by atoms with E-state index in [1.807, 2.05) is 41.1 Å². The van der Waals surface area contributed by atoms with Crippen molar-refractivity contribution < 1.29 is 4.79 Å². The van der Waals surface area contributed by atoms with E-state index in [-0.39, 0.29) is 17.9 Å². The minimum absolute atomic E-state index is 0.0719. The van der Waals surface area contributed by atoms with Gasteiger partial charge in [0.05, 0.1) is 17.1 Å². The minimum atomic E-state index is -0.0719. The van der Waals surface area contributed by atoms with Crippen molar-refractivity contribution in [2.45, 2.75) is 46.1 Å². The quantitative estimate of drug-likeness (QED) is 0.570. The molecule has 6 heteroatoms. The van der Waals surface area contributed by atoms with Gasteiger partial charge in [-0.15, -0.1) is 0 Å². The molecular weight excluding hydrogens is 350 g/mol. The molecule has 1 aromatic carbocycles. The highest BCUT2D eigenvalue weighted by atomic mass is 16.1. The molecule has 0 spiro atoms. The van der Waals surface area contributed by atoms with Gasteiger partial charge in [0.15, 0.2) is 5.65 Å². The number of hydrogen-bond donors (Lipinski definition) is 2. The number of aromatic nitrogens is 3. The van der Waals surface area contributed by atoms with Crippen LogP contribution in [-0.4, -0.2) is 33.8 Å². The summed E-state index contributed by atoms with van der Waals surface area (Å²) in [6.07, 6.45) is 2.59. The molecule has 1 amide bonds. The standard InChI is InChI=1S/C22H29N5O/c1-15(2)20-13-18(19-14-25-27(16(3)4)21(19)26-20)22(28)24-12-8-11-23-17-9-6-5-7-10-17/h5-7,9-10,13-16,23H,8,11-12H2,1-4H3,(H,24,28). The predicted octanol–water partition coefficient (Wildman–Crippen LogP) is 4.37. The lowest BCUT2D eigenvalue weighted by Crippen LogP contribution is -2.26. The largest absolute Gasteiger partial charge is 0.385 e. The number of rotatable bonds is 8. The minimum Gasteiger partial charge on any atom is -0.385 e. The van der Waals surface area contributed by atoms with Crippen molar-refractivity contribution in [3.05, 3.63) is 53.9 Å². The van der Waals surface area contributed by atoms with Crippen molar-refractivity contribution >= 4 is 22.6 Å². The van der Waals surface area contributed by atoms with Gasteiger partial charge in [0, 0.05) is 30.5 Å². The van der Waals surface area contributed by atoms with Gasteiger partial charge < -0.3 is 10.6 Å². The maximum absolute atomic E-state index is 12.8. The lowest BCUT2D eigenvalue weighted by atomic mass is 10.0. The number of pyridine rings is 1. The highest BCUT2D eigenvalue weighted by Gasteiger charge is 2.18. The number of benzene rings is 1. The highest BCUT2D eigenvalue weighted by Crippen LogP contribution is 2.24. The first-order valence-corrected chi connectivity index (χ1v) is 9.92. The van der Waals surface area contributed by atoms with Crippen LogP contribution in [0.3, 0.4) is 0 Å². The third-order valence-electron chi connectivity index (χ3n) is 4.65. The molecule has 0 aliphatic heterocycles. The van der Waals surface area contributed by atoms with Crippen LogP contribution >= 0.6 is 0 Å². The van der Waals surface area contributed by atoms with Gasteiger partial charge in [-0.25, -0.2) is 9.67 Å². The number of nitrogens with zero attached hydrogens (tertiary/aromatic N) is 3. The summed E-state index contributed by atoms with van der Waals surface area (Å²) in [5.74, 6) is 0.166. The smallest absolute Gasteiger partial charge is 0.252 e. The molecule has 0 saturated heterocycles. The van der Waals surface area contributed by atoms with Crippen LogP contribution in [0.25, 0.3) is 11.0 Å². The van der Waals surface area contributed by atoms with Gasteiger partial charge in [-0.3, -0.25) is 4.79 Å². The molecule has 148 valence electrons. The van der Waals surface area contributed by atoms with Gasteiger partial charge in [0.25, 0.3) is 5.91 Å². The Kier molecular flexibility index (Phi) is 6.29. The molecule has 3 rings (SSSR count). The Morgan fingerprint density at radius 3 is 2.54 bits per heavy atom. The maximum atomic E-state index is 12.8. The number of nitrogens with one attached hydrogen (secondary N) is 2. The Labute approximate surface area is 166 Å². The van der Waals surface area contributed by atoms with Crippen molar-refractivity contribution in [2.75, 3.05) is 18.4 Å². The monoisotopic (exact) mass is 379 g/mol. The van der Waals surface area contributed by atoms with Crippen LogP contribution in [0.5, 0.6) is 0 Å². The summed E-state index contributed by atoms with van der Waals surface area (Å²) in [5, 5.41) is 11.6. The first-order chi connectivity index (χ1) is 13.5. The average molecular weight is 380 g/mol. The van der Waals surface area contributed by atoms with Crippen LogP contribution in [0, 0.1) is 0 Å². The van der Waals surface area contributed by atoms with Crippen molar-refractivity contribution in [3.8, 4) is 0 Å². The van der Waals surface area contributed by atoms with Crippen molar-refractivity contribution in [1.82, 2.24) is 20.1 Å². The first kappa shape index (κ1) is 19.9. The number of anilines is 1. The Balaban J connectivity index is 1.68. The molecule has 0 atom stereocenters. The summed E-state index contributed by atoms with van der Waals surface area (Å²) in [6, 6.07) is 12.2. The molecular formula is C22H29N5O. The topological polar surface area (TPSA) is 71.8 Å². The molecule has 2 N–H and O–H groups in total. The van der Waals surface area contributed by atoms with Crippen LogP contribution in [0.15, 0.2) is 42.6 Å². The predicted molar refractivity (Wildman–Crippen MR) is 114 cm³/mol. The number of amides is 1. The summed E-state index contributed by atoms with van der Waals surface area (Å²) in [6.45, 7) is 9.71. The fraction of sp³-hybridized carbons (Fsp3) is 0.409. The lowest BCUT2D eigenvalue weighted by molar-refractivity contribution is 0.0955. The number of para-hydroxylation sites is 1. The van der Waals surface area contributed by atoms with E-state index < -0.39 is 0 Å². The van der Waals surface area contributed by atoms with Crippen LogP contribution in [0.4, 0.5) is 5.69 Å². The zero-order chi connectivity index (χ0) is 20.1. The van der Waals surface area contributed by atoms with E-state index >= 15 is 0 Å². The van der Waals surface area contributed by atoms with Crippen LogP contribution in [0.1, 0.15) is 62.1 Å². The van der Waals surface area contributed by atoms with Crippen molar-refractivity contribution in [3.63, 3.8) is 0 Å². The fourth-order valence-corrected chi connectivity index (χ4v) is 3.07. The summed E-state index contributed by atoms with van der Waals surface area (Å²) in [4.78, 5) is 17.6. The number of carbonyl (C=O) groups is 1. The SMILES string of the molecule is CC(C)c1cc(C(=O)NCCCNc2ccccc2)c2cnn(C(C)C)c2n1. The summed E-state index contributed by atoms with van der Waals surface area (Å²) >= 11 is 0. The number of carbonyl (C=O) groups excluding carboxylic acids is 1.